The van der Waals surface area contributed by atoms with Gasteiger partial charge < -0.3 is 55.6 Å². The number of aryl methyl sites for hydroxylation is 1. The molecule has 3 heterocycles. The van der Waals surface area contributed by atoms with Gasteiger partial charge in [-0.2, -0.15) is 13.2 Å². The Labute approximate surface area is 515 Å². The Morgan fingerprint density at radius 1 is 0.644 bits per heavy atom. The van der Waals surface area contributed by atoms with Gasteiger partial charge >= 0.3 is 6.18 Å². The zero-order valence-corrected chi connectivity index (χ0v) is 53.5. The second-order valence-electron chi connectivity index (χ2n) is 24.8. The van der Waals surface area contributed by atoms with Crippen LogP contribution in [0.3, 0.4) is 0 Å². The lowest BCUT2D eigenvalue weighted by Gasteiger charge is -2.44. The minimum atomic E-state index is -4.72. The van der Waals surface area contributed by atoms with E-state index in [2.05, 4.69) is 21.3 Å². The first-order valence-electron chi connectivity index (χ1n) is 30.7. The monoisotopic (exact) mass is 1250 g/mol. The molecule has 0 spiro atoms. The van der Waals surface area contributed by atoms with E-state index in [1.54, 1.807) is 20.9 Å². The summed E-state index contributed by atoms with van der Waals surface area (Å²) in [5.74, 6) is -6.71. The van der Waals surface area contributed by atoms with Gasteiger partial charge in [-0.3, -0.25) is 52.7 Å². The second kappa shape index (κ2) is 31.6. The van der Waals surface area contributed by atoms with Crippen molar-refractivity contribution in [2.75, 3.05) is 61.4 Å². The van der Waals surface area contributed by atoms with E-state index in [0.29, 0.717) is 44.1 Å². The minimum Gasteiger partial charge on any atom is -0.354 e. The summed E-state index contributed by atoms with van der Waals surface area (Å²) in [5.41, 5.74) is -0.723. The van der Waals surface area contributed by atoms with Crippen molar-refractivity contribution < 1.29 is 65.9 Å². The van der Waals surface area contributed by atoms with Gasteiger partial charge in [0.2, 0.25) is 65.0 Å². The molecule has 4 N–H and O–H groups in total. The number of halogens is 4. The van der Waals surface area contributed by atoms with Crippen LogP contribution in [0.1, 0.15) is 149 Å². The van der Waals surface area contributed by atoms with E-state index in [9.17, 15) is 65.9 Å². The van der Waals surface area contributed by atoms with E-state index in [1.807, 2.05) is 20.8 Å². The number of fused-ring (bicyclic) bond motifs is 2. The molecule has 0 unspecified atom stereocenters. The number of alkyl halides is 3. The number of rotatable bonds is 8. The van der Waals surface area contributed by atoms with Crippen molar-refractivity contribution in [2.45, 2.75) is 205 Å². The van der Waals surface area contributed by atoms with Crippen LogP contribution >= 0.6 is 11.6 Å². The molecule has 0 aromatic heterocycles. The number of nitrogens with one attached hydrogen (secondary N) is 4. The molecule has 5 rings (SSSR count). The van der Waals surface area contributed by atoms with Gasteiger partial charge in [-0.15, -0.1) is 0 Å². The Kier molecular flexibility index (Phi) is 25.9. The smallest absolute Gasteiger partial charge is 0.354 e. The van der Waals surface area contributed by atoms with Crippen LogP contribution < -0.4 is 21.3 Å². The molecule has 3 aliphatic heterocycles. The highest BCUT2D eigenvalue weighted by Crippen LogP contribution is 2.36. The topological polar surface area (TPSA) is 259 Å². The van der Waals surface area contributed by atoms with Crippen LogP contribution in [-0.4, -0.2) is 215 Å². The van der Waals surface area contributed by atoms with Crippen LogP contribution in [0.15, 0.2) is 18.2 Å². The third-order valence-electron chi connectivity index (χ3n) is 18.0. The highest BCUT2D eigenvalue weighted by molar-refractivity contribution is 6.31. The van der Waals surface area contributed by atoms with Crippen LogP contribution in [0.2, 0.25) is 5.02 Å². The highest BCUT2D eigenvalue weighted by atomic mass is 35.5. The summed E-state index contributed by atoms with van der Waals surface area (Å²) in [5, 5.41) is 10.9. The summed E-state index contributed by atoms with van der Waals surface area (Å²) in [6, 6.07) is -6.13. The van der Waals surface area contributed by atoms with E-state index >= 15 is 0 Å². The average Bonchev–Trinajstić information content (AvgIpc) is 1.84. The van der Waals surface area contributed by atoms with Gasteiger partial charge in [-0.25, -0.2) is 0 Å². The van der Waals surface area contributed by atoms with Gasteiger partial charge in [0.05, 0.1) is 17.1 Å². The molecule has 1 aliphatic carbocycles. The van der Waals surface area contributed by atoms with Crippen molar-refractivity contribution in [3.63, 3.8) is 0 Å². The lowest BCUT2D eigenvalue weighted by Crippen LogP contribution is -2.64. The standard InChI is InChI=1S/C61H93ClF3N11O11/c1-13-36(4)51-60(87)72(10)39(7)57(84)76-30-27-46(76)59(86)71(9)38(6)56(83)70(8)34-48(77)68-44(26-24-40-23-25-42(43(62)33-40)61(63,64)65)58(85)75-29-18-21-45(75)53(80)66-28-17-16-22-49(78)74(12)52(41-19-14-15-20-41)55(82)67-37(5)32-50(79)73(11)47(31-35(2)3)54(81)69-51/h23,25,33,35-39,41,44-47,51-52H,13-22,24,26-32,34H2,1-12H3,(H,66,80)(H,67,82)(H,68,77)(H,69,81)/t36-,37+,38-,39-,44-,45-,46-,47-,51-,52-/m0/s1. The third-order valence-corrected chi connectivity index (χ3v) is 18.3. The first-order chi connectivity index (χ1) is 40.8. The molecule has 4 fully saturated rings. The predicted octanol–water partition coefficient (Wildman–Crippen LogP) is 4.14. The molecule has 26 heteroatoms. The predicted molar refractivity (Wildman–Crippen MR) is 319 cm³/mol. The van der Waals surface area contributed by atoms with Gasteiger partial charge in [0, 0.05) is 73.8 Å². The van der Waals surface area contributed by atoms with Crippen molar-refractivity contribution in [3.05, 3.63) is 34.3 Å². The number of carbonyl (C=O) groups is 11. The zero-order valence-electron chi connectivity index (χ0n) is 52.7. The second-order valence-corrected chi connectivity index (χ2v) is 25.2. The zero-order chi connectivity index (χ0) is 64.9. The number of hydrogen-bond donors (Lipinski definition) is 4. The van der Waals surface area contributed by atoms with Gasteiger partial charge in [-0.1, -0.05) is 64.6 Å². The van der Waals surface area contributed by atoms with Gasteiger partial charge in [-0.05, 0) is 120 Å². The Hall–Kier alpha value is -6.53. The summed E-state index contributed by atoms with van der Waals surface area (Å²) in [4.78, 5) is 164. The molecule has 87 heavy (non-hydrogen) atoms. The van der Waals surface area contributed by atoms with Gasteiger partial charge in [0.1, 0.15) is 48.3 Å². The summed E-state index contributed by atoms with van der Waals surface area (Å²) in [7, 11) is 7.21. The highest BCUT2D eigenvalue weighted by Gasteiger charge is 2.46. The number of hydrogen-bond acceptors (Lipinski definition) is 11. The van der Waals surface area contributed by atoms with E-state index in [1.165, 1.54) is 72.6 Å². The summed E-state index contributed by atoms with van der Waals surface area (Å²) < 4.78 is 40.8. The molecular weight excluding hydrogens is 1160 g/mol. The Morgan fingerprint density at radius 3 is 1.87 bits per heavy atom. The first-order valence-corrected chi connectivity index (χ1v) is 31.1. The Bertz CT molecular complexity index is 2680. The first kappa shape index (κ1) is 71.2. The van der Waals surface area contributed by atoms with Crippen molar-refractivity contribution in [1.82, 2.24) is 55.6 Å². The van der Waals surface area contributed by atoms with Crippen LogP contribution in [0.4, 0.5) is 13.2 Å². The number of amides is 11. The average molecular weight is 1250 g/mol. The maximum atomic E-state index is 14.5. The molecule has 4 aliphatic rings. The molecule has 1 aromatic rings. The van der Waals surface area contributed by atoms with Crippen molar-refractivity contribution in [2.24, 2.45) is 17.8 Å². The lowest BCUT2D eigenvalue weighted by atomic mass is 9.94. The van der Waals surface area contributed by atoms with E-state index in [0.717, 1.165) is 34.8 Å². The number of benzene rings is 1. The molecule has 1 saturated carbocycles. The quantitative estimate of drug-likeness (QED) is 0.288. The maximum Gasteiger partial charge on any atom is 0.417 e. The van der Waals surface area contributed by atoms with Crippen molar-refractivity contribution in [1.29, 1.82) is 0 Å². The molecule has 0 bridgehead atoms. The Morgan fingerprint density at radius 2 is 1.28 bits per heavy atom. The molecule has 11 amide bonds. The molecule has 0 radical (unpaired) electrons. The number of carbonyl (C=O) groups excluding carboxylic acids is 11. The fraction of sp³-hybridized carbons (Fsp3) is 0.721. The number of nitrogens with zero attached hydrogens (tertiary/aromatic N) is 7. The van der Waals surface area contributed by atoms with Crippen molar-refractivity contribution in [3.8, 4) is 0 Å². The minimum absolute atomic E-state index is 0.0301. The van der Waals surface area contributed by atoms with E-state index < -0.39 is 143 Å². The summed E-state index contributed by atoms with van der Waals surface area (Å²) >= 11 is 6.04. The lowest BCUT2D eigenvalue weighted by molar-refractivity contribution is -0.159. The fourth-order valence-electron chi connectivity index (χ4n) is 12.0. The van der Waals surface area contributed by atoms with E-state index in [4.69, 9.17) is 11.6 Å². The molecule has 1 aromatic carbocycles. The molecule has 3 saturated heterocycles. The fourth-order valence-corrected chi connectivity index (χ4v) is 12.3. The van der Waals surface area contributed by atoms with Crippen LogP contribution in [-0.2, 0) is 65.3 Å². The SMILES string of the molecule is CC[C@H](C)[C@@H]1NC(=O)[C@H](CC(C)C)N(C)C(=O)C[C@@H](C)NC(=O)[C@H](C2CCCC2)N(C)C(=O)CCCCNC(=O)[C@@H]2CCCN2C(=O)[C@H](CCc2ccc(C(F)(F)F)c(Cl)c2)NC(=O)CN(C)C(=O)[C@H](C)N(C)C(=O)[C@@H]2CCN2C(=O)[C@H](C)N(C)C1=O. The molecule has 10 atom stereocenters. The van der Waals surface area contributed by atoms with Crippen LogP contribution in [0.25, 0.3) is 0 Å². The van der Waals surface area contributed by atoms with Crippen molar-refractivity contribution >= 4 is 76.6 Å². The molecule has 486 valence electrons. The van der Waals surface area contributed by atoms with Gasteiger partial charge in [0.15, 0.2) is 0 Å². The van der Waals surface area contributed by atoms with Gasteiger partial charge in [0.25, 0.3) is 0 Å². The molecule has 22 nitrogen and oxygen atoms in total. The van der Waals surface area contributed by atoms with Crippen LogP contribution in [0, 0.1) is 17.8 Å². The third kappa shape index (κ3) is 18.3. The number of likely N-dealkylation sites (N-methyl/N-ethyl adjacent to an activating group) is 5. The Balaban J connectivity index is 1.42. The van der Waals surface area contributed by atoms with Crippen LogP contribution in [0.5, 0.6) is 0 Å². The maximum absolute atomic E-state index is 14.5. The normalized spacial score (nSPS) is 27.9. The summed E-state index contributed by atoms with van der Waals surface area (Å²) in [6.45, 7) is 11.9. The van der Waals surface area contributed by atoms with E-state index in [-0.39, 0.29) is 82.3 Å². The largest absolute Gasteiger partial charge is 0.417 e. The summed E-state index contributed by atoms with van der Waals surface area (Å²) in [6.07, 6.45) is 0.484. The molecular formula is C61H93ClF3N11O11.